The van der Waals surface area contributed by atoms with Crippen molar-refractivity contribution in [1.29, 1.82) is 0 Å². The van der Waals surface area contributed by atoms with Crippen LogP contribution in [0, 0.1) is 0 Å². The van der Waals surface area contributed by atoms with Crippen molar-refractivity contribution in [3.05, 3.63) is 23.8 Å². The minimum Gasteiger partial charge on any atom is -0.454 e. The fraction of sp³-hybridized carbons (Fsp3) is 0.562. The van der Waals surface area contributed by atoms with Crippen LogP contribution in [0.2, 0.25) is 0 Å². The van der Waals surface area contributed by atoms with Crippen molar-refractivity contribution < 1.29 is 9.47 Å². The van der Waals surface area contributed by atoms with Crippen LogP contribution in [0.15, 0.2) is 18.2 Å². The zero-order chi connectivity index (χ0) is 14.7. The Kier molecular flexibility index (Phi) is 4.48. The Labute approximate surface area is 131 Å². The van der Waals surface area contributed by atoms with E-state index in [1.165, 1.54) is 19.3 Å². The molecule has 1 fully saturated rings. The normalized spacial score (nSPS) is 20.4. The molecule has 0 radical (unpaired) electrons. The number of likely N-dealkylation sites (tertiary alicyclic amines) is 1. The molecule has 4 nitrogen and oxygen atoms in total. The molecular formula is C16H22N2O2S. The summed E-state index contributed by atoms with van der Waals surface area (Å²) in [5, 5.41) is 4.26. The van der Waals surface area contributed by atoms with Crippen LogP contribution in [0.3, 0.4) is 0 Å². The van der Waals surface area contributed by atoms with E-state index in [1.807, 2.05) is 12.1 Å². The number of nitrogens with one attached hydrogen (secondary N) is 1. The number of thiocarbonyl (C=S) groups is 1. The highest BCUT2D eigenvalue weighted by atomic mass is 32.1. The second-order valence-electron chi connectivity index (χ2n) is 5.60. The molecule has 2 heterocycles. The van der Waals surface area contributed by atoms with Gasteiger partial charge in [-0.05, 0) is 55.6 Å². The highest BCUT2D eigenvalue weighted by Gasteiger charge is 2.22. The summed E-state index contributed by atoms with van der Waals surface area (Å²) in [7, 11) is 0. The predicted octanol–water partition coefficient (Wildman–Crippen LogP) is 3.05. The topological polar surface area (TPSA) is 33.7 Å². The van der Waals surface area contributed by atoms with Gasteiger partial charge in [-0.15, -0.1) is 0 Å². The lowest BCUT2D eigenvalue weighted by Crippen LogP contribution is -2.48. The maximum absolute atomic E-state index is 5.57. The van der Waals surface area contributed by atoms with E-state index in [9.17, 15) is 0 Å². The Morgan fingerprint density at radius 3 is 3.05 bits per heavy atom. The van der Waals surface area contributed by atoms with Gasteiger partial charge in [0.15, 0.2) is 16.6 Å². The van der Waals surface area contributed by atoms with Gasteiger partial charge in [-0.25, -0.2) is 0 Å². The van der Waals surface area contributed by atoms with Gasteiger partial charge < -0.3 is 19.7 Å². The van der Waals surface area contributed by atoms with Gasteiger partial charge in [0.05, 0.1) is 0 Å². The van der Waals surface area contributed by atoms with Gasteiger partial charge in [0.25, 0.3) is 0 Å². The van der Waals surface area contributed by atoms with Crippen LogP contribution in [0.25, 0.3) is 0 Å². The first-order valence-corrected chi connectivity index (χ1v) is 8.11. The highest BCUT2D eigenvalue weighted by Crippen LogP contribution is 2.32. The minimum absolute atomic E-state index is 0.316. The van der Waals surface area contributed by atoms with Gasteiger partial charge in [-0.1, -0.05) is 13.0 Å². The molecule has 0 unspecified atom stereocenters. The summed E-state index contributed by atoms with van der Waals surface area (Å²) in [5.41, 5.74) is 1.16. The molecule has 0 saturated carbocycles. The van der Waals surface area contributed by atoms with Gasteiger partial charge in [0.1, 0.15) is 0 Å². The zero-order valence-electron chi connectivity index (χ0n) is 12.4. The molecule has 114 valence electrons. The molecule has 0 amide bonds. The first-order chi connectivity index (χ1) is 10.3. The Bertz CT molecular complexity index is 521. The summed E-state index contributed by atoms with van der Waals surface area (Å²) in [6, 6.07) is 6.62. The third-order valence-corrected chi connectivity index (χ3v) is 4.62. The van der Waals surface area contributed by atoms with Crippen LogP contribution in [-0.4, -0.2) is 29.4 Å². The van der Waals surface area contributed by atoms with E-state index >= 15 is 0 Å². The number of hydrogen-bond donors (Lipinski definition) is 1. The van der Waals surface area contributed by atoms with E-state index in [1.54, 1.807) is 0 Å². The molecule has 1 N–H and O–H groups in total. The van der Waals surface area contributed by atoms with Crippen molar-refractivity contribution in [2.75, 3.05) is 13.3 Å². The van der Waals surface area contributed by atoms with Gasteiger partial charge >= 0.3 is 0 Å². The maximum Gasteiger partial charge on any atom is 0.231 e. The average molecular weight is 306 g/mol. The molecule has 0 aliphatic carbocycles. The van der Waals surface area contributed by atoms with Gasteiger partial charge in [0.2, 0.25) is 6.79 Å². The van der Waals surface area contributed by atoms with E-state index in [2.05, 4.69) is 23.2 Å². The van der Waals surface area contributed by atoms with Crippen LogP contribution in [0.4, 0.5) is 0 Å². The van der Waals surface area contributed by atoms with Crippen LogP contribution >= 0.6 is 12.2 Å². The Balaban J connectivity index is 1.58. The number of nitrogens with zero attached hydrogens (tertiary/aromatic N) is 1. The zero-order valence-corrected chi connectivity index (χ0v) is 13.2. The summed E-state index contributed by atoms with van der Waals surface area (Å²) in [6.07, 6.45) is 4.97. The smallest absolute Gasteiger partial charge is 0.231 e. The maximum atomic E-state index is 5.57. The average Bonchev–Trinajstić information content (AvgIpc) is 3.00. The molecular weight excluding hydrogens is 284 g/mol. The van der Waals surface area contributed by atoms with Gasteiger partial charge in [-0.3, -0.25) is 0 Å². The van der Waals surface area contributed by atoms with E-state index in [0.717, 1.165) is 41.7 Å². The second-order valence-corrected chi connectivity index (χ2v) is 5.98. The first-order valence-electron chi connectivity index (χ1n) is 7.71. The summed E-state index contributed by atoms with van der Waals surface area (Å²) in [5.74, 6) is 1.65. The molecule has 2 aliphatic rings. The second kappa shape index (κ2) is 6.52. The van der Waals surface area contributed by atoms with Crippen molar-refractivity contribution in [3.63, 3.8) is 0 Å². The lowest BCUT2D eigenvalue weighted by Gasteiger charge is -2.37. The van der Waals surface area contributed by atoms with Gasteiger partial charge in [-0.2, -0.15) is 0 Å². The summed E-state index contributed by atoms with van der Waals surface area (Å²) >= 11 is 5.57. The van der Waals surface area contributed by atoms with E-state index in [0.29, 0.717) is 12.8 Å². The van der Waals surface area contributed by atoms with Crippen molar-refractivity contribution >= 4 is 17.3 Å². The standard InChI is InChI=1S/C16H22N2O2S/c1-2-13-5-3-4-8-18(13)16(21)17-10-12-6-7-14-15(9-12)20-11-19-14/h6-7,9,13H,2-5,8,10-11H2,1H3,(H,17,21)/t13-/m0/s1. The fourth-order valence-corrected chi connectivity index (χ4v) is 3.34. The number of ether oxygens (including phenoxy) is 2. The molecule has 0 spiro atoms. The minimum atomic E-state index is 0.316. The van der Waals surface area contributed by atoms with E-state index < -0.39 is 0 Å². The van der Waals surface area contributed by atoms with Crippen LogP contribution in [0.1, 0.15) is 38.2 Å². The van der Waals surface area contributed by atoms with E-state index in [-0.39, 0.29) is 0 Å². The Morgan fingerprint density at radius 2 is 2.19 bits per heavy atom. The first kappa shape index (κ1) is 14.4. The van der Waals surface area contributed by atoms with E-state index in [4.69, 9.17) is 21.7 Å². The molecule has 3 rings (SSSR count). The number of benzene rings is 1. The monoisotopic (exact) mass is 306 g/mol. The third-order valence-electron chi connectivity index (χ3n) is 4.24. The van der Waals surface area contributed by atoms with Crippen LogP contribution in [0.5, 0.6) is 11.5 Å². The SMILES string of the molecule is CC[C@H]1CCCCN1C(=S)NCc1ccc2c(c1)OCO2. The molecule has 2 aliphatic heterocycles. The molecule has 0 aromatic heterocycles. The quantitative estimate of drug-likeness (QED) is 0.868. The van der Waals surface area contributed by atoms with Crippen molar-refractivity contribution in [1.82, 2.24) is 10.2 Å². The Hall–Kier alpha value is -1.49. The lowest BCUT2D eigenvalue weighted by molar-refractivity contribution is 0.174. The lowest BCUT2D eigenvalue weighted by atomic mass is 10.0. The molecule has 1 atom stereocenters. The Morgan fingerprint density at radius 1 is 1.33 bits per heavy atom. The number of hydrogen-bond acceptors (Lipinski definition) is 3. The van der Waals surface area contributed by atoms with Crippen molar-refractivity contribution in [3.8, 4) is 11.5 Å². The molecule has 0 bridgehead atoms. The molecule has 21 heavy (non-hydrogen) atoms. The predicted molar refractivity (Wildman–Crippen MR) is 86.6 cm³/mol. The molecule has 1 saturated heterocycles. The summed E-state index contributed by atoms with van der Waals surface area (Å²) in [4.78, 5) is 2.35. The summed E-state index contributed by atoms with van der Waals surface area (Å²) in [6.45, 7) is 4.36. The molecule has 1 aromatic rings. The fourth-order valence-electron chi connectivity index (χ4n) is 3.02. The van der Waals surface area contributed by atoms with Gasteiger partial charge in [0, 0.05) is 19.1 Å². The number of fused-ring (bicyclic) bond motifs is 1. The third kappa shape index (κ3) is 3.23. The van der Waals surface area contributed by atoms with Crippen LogP contribution in [-0.2, 0) is 6.54 Å². The van der Waals surface area contributed by atoms with Crippen molar-refractivity contribution in [2.45, 2.75) is 45.2 Å². The van der Waals surface area contributed by atoms with Crippen molar-refractivity contribution in [2.24, 2.45) is 0 Å². The van der Waals surface area contributed by atoms with Crippen LogP contribution < -0.4 is 14.8 Å². The summed E-state index contributed by atoms with van der Waals surface area (Å²) < 4.78 is 10.7. The molecule has 5 heteroatoms. The number of rotatable bonds is 3. The number of piperidine rings is 1. The largest absolute Gasteiger partial charge is 0.454 e. The highest BCUT2D eigenvalue weighted by molar-refractivity contribution is 7.80. The molecule has 1 aromatic carbocycles.